The van der Waals surface area contributed by atoms with Gasteiger partial charge in [0.2, 0.25) is 11.8 Å². The Morgan fingerprint density at radius 3 is 2.52 bits per heavy atom. The van der Waals surface area contributed by atoms with E-state index >= 15 is 0 Å². The number of nitrogens with zero attached hydrogens (tertiary/aromatic N) is 1. The normalized spacial score (nSPS) is 13.2. The zero-order valence-electron chi connectivity index (χ0n) is 15.3. The predicted molar refractivity (Wildman–Crippen MR) is 92.5 cm³/mol. The summed E-state index contributed by atoms with van der Waals surface area (Å²) in [5, 5.41) is 5.30. The van der Waals surface area contributed by atoms with E-state index in [9.17, 15) is 14.4 Å². The number of hydrogen-bond donors (Lipinski definition) is 3. The Balaban J connectivity index is 2.81. The van der Waals surface area contributed by atoms with E-state index in [4.69, 9.17) is 4.74 Å². The van der Waals surface area contributed by atoms with E-state index in [0.29, 0.717) is 12.3 Å². The van der Waals surface area contributed by atoms with Gasteiger partial charge in [0.05, 0.1) is 12.9 Å². The summed E-state index contributed by atoms with van der Waals surface area (Å²) >= 11 is 0. The first-order valence-corrected chi connectivity index (χ1v) is 8.56. The average Bonchev–Trinajstić information content (AvgIpc) is 3.04. The van der Waals surface area contributed by atoms with Crippen LogP contribution in [0.25, 0.3) is 0 Å². The number of carbonyl (C=O) groups excluding carboxylic acids is 3. The zero-order chi connectivity index (χ0) is 18.8. The first-order valence-electron chi connectivity index (χ1n) is 8.56. The Kier molecular flexibility index (Phi) is 8.66. The summed E-state index contributed by atoms with van der Waals surface area (Å²) in [5.74, 6) is -1.33. The average molecular weight is 352 g/mol. The summed E-state index contributed by atoms with van der Waals surface area (Å²) in [6.07, 6.45) is 5.00. The molecule has 8 heteroatoms. The highest BCUT2D eigenvalue weighted by molar-refractivity contribution is 5.90. The third-order valence-electron chi connectivity index (χ3n) is 3.63. The van der Waals surface area contributed by atoms with Gasteiger partial charge in [0.15, 0.2) is 0 Å². The molecule has 0 aliphatic carbocycles. The molecular formula is C17H28N4O4. The molecule has 0 radical (unpaired) electrons. The Labute approximate surface area is 148 Å². The molecule has 0 spiro atoms. The van der Waals surface area contributed by atoms with Crippen molar-refractivity contribution in [3.8, 4) is 0 Å². The molecule has 0 unspecified atom stereocenters. The number of H-pyrrole nitrogens is 1. The smallest absolute Gasteiger partial charge is 0.329 e. The molecule has 0 aliphatic heterocycles. The van der Waals surface area contributed by atoms with Gasteiger partial charge in [-0.2, -0.15) is 0 Å². The summed E-state index contributed by atoms with van der Waals surface area (Å²) in [4.78, 5) is 43.0. The lowest BCUT2D eigenvalue weighted by Crippen LogP contribution is -2.54. The van der Waals surface area contributed by atoms with Crippen LogP contribution in [0, 0.1) is 5.92 Å². The second kappa shape index (κ2) is 10.5. The van der Waals surface area contributed by atoms with Crippen LogP contribution in [-0.4, -0.2) is 46.4 Å². The highest BCUT2D eigenvalue weighted by Gasteiger charge is 2.29. The SMILES string of the molecule is CCCCOC(=O)[C@H](Cc1cnc[nH]1)NC(=O)[C@@H](NC(C)=O)C(C)C. The molecule has 2 atom stereocenters. The summed E-state index contributed by atoms with van der Waals surface area (Å²) in [5.41, 5.74) is 0.707. The van der Waals surface area contributed by atoms with Crippen LogP contribution < -0.4 is 10.6 Å². The van der Waals surface area contributed by atoms with Crippen molar-refractivity contribution in [3.05, 3.63) is 18.2 Å². The van der Waals surface area contributed by atoms with Crippen LogP contribution in [0.1, 0.15) is 46.2 Å². The highest BCUT2D eigenvalue weighted by Crippen LogP contribution is 2.06. The monoisotopic (exact) mass is 352 g/mol. The fourth-order valence-corrected chi connectivity index (χ4v) is 2.24. The van der Waals surface area contributed by atoms with Gasteiger partial charge in [-0.3, -0.25) is 9.59 Å². The molecule has 8 nitrogen and oxygen atoms in total. The van der Waals surface area contributed by atoms with Crippen molar-refractivity contribution in [1.82, 2.24) is 20.6 Å². The Morgan fingerprint density at radius 2 is 2.00 bits per heavy atom. The van der Waals surface area contributed by atoms with Gasteiger partial charge < -0.3 is 20.4 Å². The van der Waals surface area contributed by atoms with Crippen molar-refractivity contribution in [2.24, 2.45) is 5.92 Å². The number of esters is 1. The van der Waals surface area contributed by atoms with Crippen LogP contribution >= 0.6 is 0 Å². The second-order valence-corrected chi connectivity index (χ2v) is 6.29. The van der Waals surface area contributed by atoms with Gasteiger partial charge in [-0.15, -0.1) is 0 Å². The number of carbonyl (C=O) groups is 3. The molecule has 0 aliphatic rings. The first-order chi connectivity index (χ1) is 11.8. The van der Waals surface area contributed by atoms with Crippen molar-refractivity contribution >= 4 is 17.8 Å². The molecule has 1 rings (SSSR count). The molecule has 1 heterocycles. The van der Waals surface area contributed by atoms with Crippen molar-refractivity contribution < 1.29 is 19.1 Å². The van der Waals surface area contributed by atoms with Gasteiger partial charge in [0, 0.05) is 25.2 Å². The van der Waals surface area contributed by atoms with Crippen molar-refractivity contribution in [3.63, 3.8) is 0 Å². The molecule has 0 saturated carbocycles. The van der Waals surface area contributed by atoms with E-state index in [1.807, 2.05) is 20.8 Å². The van der Waals surface area contributed by atoms with E-state index in [1.165, 1.54) is 13.3 Å². The number of amides is 2. The van der Waals surface area contributed by atoms with Crippen molar-refractivity contribution in [2.75, 3.05) is 6.61 Å². The molecule has 0 fully saturated rings. The number of hydrogen-bond acceptors (Lipinski definition) is 5. The minimum Gasteiger partial charge on any atom is -0.464 e. The van der Waals surface area contributed by atoms with Gasteiger partial charge in [0.25, 0.3) is 0 Å². The van der Waals surface area contributed by atoms with Crippen LogP contribution in [0.15, 0.2) is 12.5 Å². The van der Waals surface area contributed by atoms with Gasteiger partial charge in [-0.1, -0.05) is 27.2 Å². The quantitative estimate of drug-likeness (QED) is 0.428. The van der Waals surface area contributed by atoms with Crippen LogP contribution in [0.2, 0.25) is 0 Å². The molecule has 0 saturated heterocycles. The minimum atomic E-state index is -0.847. The van der Waals surface area contributed by atoms with E-state index in [-0.39, 0.29) is 18.2 Å². The minimum absolute atomic E-state index is 0.118. The molecular weight excluding hydrogens is 324 g/mol. The maximum absolute atomic E-state index is 12.5. The van der Waals surface area contributed by atoms with Crippen molar-refractivity contribution in [1.29, 1.82) is 0 Å². The summed E-state index contributed by atoms with van der Waals surface area (Å²) in [6.45, 7) is 7.30. The fourth-order valence-electron chi connectivity index (χ4n) is 2.24. The van der Waals surface area contributed by atoms with Crippen LogP contribution in [0.3, 0.4) is 0 Å². The van der Waals surface area contributed by atoms with E-state index < -0.39 is 24.0 Å². The van der Waals surface area contributed by atoms with Crippen LogP contribution in [0.4, 0.5) is 0 Å². The van der Waals surface area contributed by atoms with Gasteiger partial charge >= 0.3 is 5.97 Å². The van der Waals surface area contributed by atoms with E-state index in [0.717, 1.165) is 12.8 Å². The number of imidazole rings is 1. The first kappa shape index (κ1) is 20.7. The molecule has 0 bridgehead atoms. The standard InChI is InChI=1S/C17H28N4O4/c1-5-6-7-25-17(24)14(8-13-9-18-10-19-13)21-16(23)15(11(2)3)20-12(4)22/h9-11,14-15H,5-8H2,1-4H3,(H,18,19)(H,20,22)(H,21,23)/t14-,15-/m0/s1. The van der Waals surface area contributed by atoms with Gasteiger partial charge in [-0.25, -0.2) is 9.78 Å². The molecule has 140 valence electrons. The maximum atomic E-state index is 12.5. The number of ether oxygens (including phenoxy) is 1. The molecule has 25 heavy (non-hydrogen) atoms. The summed E-state index contributed by atoms with van der Waals surface area (Å²) < 4.78 is 5.24. The molecule has 2 amide bonds. The lowest BCUT2D eigenvalue weighted by atomic mass is 10.0. The lowest BCUT2D eigenvalue weighted by molar-refractivity contribution is -0.148. The Morgan fingerprint density at radius 1 is 1.28 bits per heavy atom. The number of aromatic amines is 1. The zero-order valence-corrected chi connectivity index (χ0v) is 15.3. The Bertz CT molecular complexity index is 557. The van der Waals surface area contributed by atoms with E-state index in [1.54, 1.807) is 6.20 Å². The molecule has 1 aromatic rings. The maximum Gasteiger partial charge on any atom is 0.329 e. The van der Waals surface area contributed by atoms with Gasteiger partial charge in [0.1, 0.15) is 12.1 Å². The topological polar surface area (TPSA) is 113 Å². The number of rotatable bonds is 10. The summed E-state index contributed by atoms with van der Waals surface area (Å²) in [6, 6.07) is -1.56. The van der Waals surface area contributed by atoms with Crippen LogP contribution in [0.5, 0.6) is 0 Å². The Hall–Kier alpha value is -2.38. The molecule has 0 aromatic carbocycles. The van der Waals surface area contributed by atoms with Gasteiger partial charge in [-0.05, 0) is 12.3 Å². The molecule has 1 aromatic heterocycles. The van der Waals surface area contributed by atoms with E-state index in [2.05, 4.69) is 20.6 Å². The second-order valence-electron chi connectivity index (χ2n) is 6.29. The number of unbranched alkanes of at least 4 members (excludes halogenated alkanes) is 1. The fraction of sp³-hybridized carbons (Fsp3) is 0.647. The predicted octanol–water partition coefficient (Wildman–Crippen LogP) is 0.941. The third kappa shape index (κ3) is 7.36. The lowest BCUT2D eigenvalue weighted by Gasteiger charge is -2.24. The van der Waals surface area contributed by atoms with Crippen LogP contribution in [-0.2, 0) is 25.5 Å². The summed E-state index contributed by atoms with van der Waals surface area (Å²) in [7, 11) is 0. The number of aromatic nitrogens is 2. The molecule has 3 N–H and O–H groups in total. The third-order valence-corrected chi connectivity index (χ3v) is 3.63. The van der Waals surface area contributed by atoms with Crippen molar-refractivity contribution in [2.45, 2.75) is 59.0 Å². The largest absolute Gasteiger partial charge is 0.464 e. The number of nitrogens with one attached hydrogen (secondary N) is 3. The highest BCUT2D eigenvalue weighted by atomic mass is 16.5.